The molecule has 1 amide bonds. The second kappa shape index (κ2) is 4.63. The van der Waals surface area contributed by atoms with Crippen LogP contribution in [0.4, 0.5) is 0 Å². The van der Waals surface area contributed by atoms with Crippen LogP contribution in [0.15, 0.2) is 0 Å². The molecular weight excluding hydrogens is 204 g/mol. The van der Waals surface area contributed by atoms with Crippen molar-refractivity contribution in [2.24, 2.45) is 11.7 Å². The Labute approximate surface area is 96.0 Å². The molecule has 0 radical (unpaired) electrons. The number of carbonyl (C=O) groups is 1. The first-order valence-electron chi connectivity index (χ1n) is 5.61. The van der Waals surface area contributed by atoms with Crippen LogP contribution in [-0.4, -0.2) is 20.9 Å². The molecule has 1 aromatic rings. The number of aromatic nitrogens is 3. The molecule has 5 nitrogen and oxygen atoms in total. The second-order valence-electron chi connectivity index (χ2n) is 4.77. The molecule has 0 spiro atoms. The van der Waals surface area contributed by atoms with E-state index in [1.807, 2.05) is 18.5 Å². The van der Waals surface area contributed by atoms with Gasteiger partial charge in [0.05, 0.1) is 11.7 Å². The zero-order valence-corrected chi connectivity index (χ0v) is 10.6. The minimum absolute atomic E-state index is 0.179. The molecule has 0 bridgehead atoms. The van der Waals surface area contributed by atoms with E-state index in [4.69, 9.17) is 5.73 Å². The van der Waals surface area contributed by atoms with Gasteiger partial charge in [0.15, 0.2) is 5.69 Å². The molecule has 1 atom stereocenters. The number of hydrogen-bond acceptors (Lipinski definition) is 3. The van der Waals surface area contributed by atoms with Crippen LogP contribution in [0.1, 0.15) is 62.8 Å². The number of primary amides is 1. The maximum atomic E-state index is 11.2. The molecular formula is C11H20N4O. The predicted octanol–water partition coefficient (Wildman–Crippen LogP) is 1.72. The first-order chi connectivity index (χ1) is 7.36. The molecule has 0 saturated heterocycles. The molecule has 5 heteroatoms. The molecule has 0 aromatic carbocycles. The lowest BCUT2D eigenvalue weighted by atomic mass is 10.0. The number of carbonyl (C=O) groups excluding carboxylic acids is 1. The Morgan fingerprint density at radius 2 is 1.81 bits per heavy atom. The number of rotatable bonds is 4. The third kappa shape index (κ3) is 2.23. The van der Waals surface area contributed by atoms with E-state index in [0.29, 0.717) is 11.6 Å². The van der Waals surface area contributed by atoms with Crippen molar-refractivity contribution in [1.82, 2.24) is 15.0 Å². The molecule has 0 fully saturated rings. The van der Waals surface area contributed by atoms with E-state index in [1.165, 1.54) is 0 Å². The molecule has 1 heterocycles. The van der Waals surface area contributed by atoms with Gasteiger partial charge < -0.3 is 5.73 Å². The molecule has 0 aliphatic rings. The van der Waals surface area contributed by atoms with Crippen molar-refractivity contribution in [3.63, 3.8) is 0 Å². The summed E-state index contributed by atoms with van der Waals surface area (Å²) >= 11 is 0. The predicted molar refractivity (Wildman–Crippen MR) is 62.2 cm³/mol. The topological polar surface area (TPSA) is 73.8 Å². The summed E-state index contributed by atoms with van der Waals surface area (Å²) in [7, 11) is 0. The highest BCUT2D eigenvalue weighted by Gasteiger charge is 2.23. The molecule has 0 saturated carbocycles. The minimum Gasteiger partial charge on any atom is -0.364 e. The SMILES string of the molecule is CC(C)c1c(C(N)=O)nnn1C(C)C(C)C. The van der Waals surface area contributed by atoms with Gasteiger partial charge >= 0.3 is 0 Å². The summed E-state index contributed by atoms with van der Waals surface area (Å²) < 4.78 is 1.81. The van der Waals surface area contributed by atoms with Gasteiger partial charge in [0, 0.05) is 0 Å². The number of nitrogens with zero attached hydrogens (tertiary/aromatic N) is 3. The van der Waals surface area contributed by atoms with Crippen LogP contribution < -0.4 is 5.73 Å². The highest BCUT2D eigenvalue weighted by atomic mass is 16.1. The van der Waals surface area contributed by atoms with E-state index >= 15 is 0 Å². The fourth-order valence-electron chi connectivity index (χ4n) is 1.60. The molecule has 0 aliphatic carbocycles. The molecule has 0 aliphatic heterocycles. The lowest BCUT2D eigenvalue weighted by molar-refractivity contribution is 0.0994. The molecule has 1 unspecified atom stereocenters. The lowest BCUT2D eigenvalue weighted by Crippen LogP contribution is -2.19. The van der Waals surface area contributed by atoms with E-state index in [2.05, 4.69) is 31.1 Å². The monoisotopic (exact) mass is 224 g/mol. The Morgan fingerprint density at radius 1 is 1.25 bits per heavy atom. The highest BCUT2D eigenvalue weighted by Crippen LogP contribution is 2.24. The molecule has 1 rings (SSSR count). The standard InChI is InChI=1S/C11H20N4O/c1-6(2)8(5)15-10(7(3)4)9(11(12)16)13-14-15/h6-8H,1-5H3,(H2,12,16). The normalized spacial score (nSPS) is 13.4. The Balaban J connectivity index is 3.25. The van der Waals surface area contributed by atoms with E-state index in [-0.39, 0.29) is 12.0 Å². The van der Waals surface area contributed by atoms with Crippen molar-refractivity contribution < 1.29 is 4.79 Å². The maximum absolute atomic E-state index is 11.2. The van der Waals surface area contributed by atoms with E-state index in [9.17, 15) is 4.79 Å². The summed E-state index contributed by atoms with van der Waals surface area (Å²) in [6.45, 7) is 10.3. The average Bonchev–Trinajstić information content (AvgIpc) is 2.60. The summed E-state index contributed by atoms with van der Waals surface area (Å²) in [4.78, 5) is 11.2. The van der Waals surface area contributed by atoms with Crippen molar-refractivity contribution in [2.45, 2.75) is 46.6 Å². The van der Waals surface area contributed by atoms with Crippen molar-refractivity contribution in [3.05, 3.63) is 11.4 Å². The molecule has 90 valence electrons. The Morgan fingerprint density at radius 3 is 2.19 bits per heavy atom. The first-order valence-corrected chi connectivity index (χ1v) is 5.61. The highest BCUT2D eigenvalue weighted by molar-refractivity contribution is 5.91. The molecule has 16 heavy (non-hydrogen) atoms. The number of nitrogens with two attached hydrogens (primary N) is 1. The van der Waals surface area contributed by atoms with E-state index in [0.717, 1.165) is 5.69 Å². The zero-order chi connectivity index (χ0) is 12.5. The van der Waals surface area contributed by atoms with Crippen LogP contribution in [0, 0.1) is 5.92 Å². The fourth-order valence-corrected chi connectivity index (χ4v) is 1.60. The van der Waals surface area contributed by atoms with Gasteiger partial charge in [-0.25, -0.2) is 4.68 Å². The Hall–Kier alpha value is -1.39. The van der Waals surface area contributed by atoms with Crippen LogP contribution in [0.25, 0.3) is 0 Å². The van der Waals surface area contributed by atoms with Crippen molar-refractivity contribution in [3.8, 4) is 0 Å². The van der Waals surface area contributed by atoms with Gasteiger partial charge in [-0.15, -0.1) is 5.10 Å². The van der Waals surface area contributed by atoms with Gasteiger partial charge in [0.2, 0.25) is 0 Å². The summed E-state index contributed by atoms with van der Waals surface area (Å²) in [6, 6.07) is 0.206. The van der Waals surface area contributed by atoms with Crippen molar-refractivity contribution in [2.75, 3.05) is 0 Å². The number of hydrogen-bond donors (Lipinski definition) is 1. The van der Waals surface area contributed by atoms with E-state index in [1.54, 1.807) is 0 Å². The van der Waals surface area contributed by atoms with Crippen molar-refractivity contribution >= 4 is 5.91 Å². The van der Waals surface area contributed by atoms with Gasteiger partial charge in [0.1, 0.15) is 0 Å². The smallest absolute Gasteiger partial charge is 0.271 e. The third-order valence-electron chi connectivity index (χ3n) is 2.86. The summed E-state index contributed by atoms with van der Waals surface area (Å²) in [5.41, 5.74) is 6.41. The van der Waals surface area contributed by atoms with Gasteiger partial charge in [-0.2, -0.15) is 0 Å². The molecule has 1 aromatic heterocycles. The van der Waals surface area contributed by atoms with Crippen LogP contribution in [0.2, 0.25) is 0 Å². The van der Waals surface area contributed by atoms with Crippen molar-refractivity contribution in [1.29, 1.82) is 0 Å². The lowest BCUT2D eigenvalue weighted by Gasteiger charge is -2.19. The summed E-state index contributed by atoms with van der Waals surface area (Å²) in [5, 5.41) is 7.92. The van der Waals surface area contributed by atoms with Crippen LogP contribution in [0.3, 0.4) is 0 Å². The van der Waals surface area contributed by atoms with Crippen LogP contribution >= 0.6 is 0 Å². The van der Waals surface area contributed by atoms with Gasteiger partial charge in [-0.05, 0) is 18.8 Å². The fraction of sp³-hybridized carbons (Fsp3) is 0.727. The van der Waals surface area contributed by atoms with Crippen LogP contribution in [-0.2, 0) is 0 Å². The summed E-state index contributed by atoms with van der Waals surface area (Å²) in [6.07, 6.45) is 0. The van der Waals surface area contributed by atoms with Gasteiger partial charge in [-0.1, -0.05) is 32.9 Å². The van der Waals surface area contributed by atoms with E-state index < -0.39 is 5.91 Å². The maximum Gasteiger partial charge on any atom is 0.271 e. The summed E-state index contributed by atoms with van der Waals surface area (Å²) in [5.74, 6) is 0.101. The Kier molecular flexibility index (Phi) is 3.67. The third-order valence-corrected chi connectivity index (χ3v) is 2.86. The average molecular weight is 224 g/mol. The second-order valence-corrected chi connectivity index (χ2v) is 4.77. The largest absolute Gasteiger partial charge is 0.364 e. The molecule has 2 N–H and O–H groups in total. The zero-order valence-electron chi connectivity index (χ0n) is 10.6. The first kappa shape index (κ1) is 12.7. The quantitative estimate of drug-likeness (QED) is 0.846. The number of amides is 1. The Bertz CT molecular complexity index is 381. The van der Waals surface area contributed by atoms with Crippen LogP contribution in [0.5, 0.6) is 0 Å². The minimum atomic E-state index is -0.508. The van der Waals surface area contributed by atoms with Gasteiger partial charge in [0.25, 0.3) is 5.91 Å². The van der Waals surface area contributed by atoms with Gasteiger partial charge in [-0.3, -0.25) is 4.79 Å².